The summed E-state index contributed by atoms with van der Waals surface area (Å²) in [5, 5.41) is 16.2. The lowest BCUT2D eigenvalue weighted by molar-refractivity contribution is 0.324. The third-order valence-electron chi connectivity index (χ3n) is 3.05. The minimum Gasteiger partial charge on any atom is -0.301 e. The zero-order valence-electron chi connectivity index (χ0n) is 11.3. The molecule has 0 bridgehead atoms. The first-order chi connectivity index (χ1) is 9.24. The van der Waals surface area contributed by atoms with Crippen molar-refractivity contribution < 1.29 is 0 Å². The summed E-state index contributed by atoms with van der Waals surface area (Å²) in [7, 11) is 2.10. The van der Waals surface area contributed by atoms with Gasteiger partial charge in [0.15, 0.2) is 0 Å². The molecule has 4 heteroatoms. The molecule has 0 spiro atoms. The zero-order valence-corrected chi connectivity index (χ0v) is 11.3. The zero-order chi connectivity index (χ0) is 13.7. The molecular formula is C15H18N4. The van der Waals surface area contributed by atoms with Gasteiger partial charge in [-0.2, -0.15) is 10.4 Å². The van der Waals surface area contributed by atoms with Crippen LogP contribution in [0.4, 0.5) is 0 Å². The lowest BCUT2D eigenvalue weighted by Crippen LogP contribution is -2.19. The molecule has 0 fully saturated rings. The molecule has 0 unspecified atom stereocenters. The molecule has 98 valence electrons. The first-order valence-electron chi connectivity index (χ1n) is 6.46. The smallest absolute Gasteiger partial charge is 0.0991 e. The van der Waals surface area contributed by atoms with Gasteiger partial charge in [0, 0.05) is 12.1 Å². The standard InChI is InChI=1S/C15H18N4/c1-3-7-19(2)11-15-14(10-17-18-15)13-6-4-5-12(8-13)9-16/h4-6,8,10H,3,7,11H2,1-2H3,(H,17,18). The average Bonchev–Trinajstić information content (AvgIpc) is 2.87. The molecule has 0 aliphatic carbocycles. The van der Waals surface area contributed by atoms with E-state index in [-0.39, 0.29) is 0 Å². The summed E-state index contributed by atoms with van der Waals surface area (Å²) in [5.74, 6) is 0. The Morgan fingerprint density at radius 1 is 1.42 bits per heavy atom. The monoisotopic (exact) mass is 254 g/mol. The van der Waals surface area contributed by atoms with Crippen LogP contribution in [0.5, 0.6) is 0 Å². The fraction of sp³-hybridized carbons (Fsp3) is 0.333. The third kappa shape index (κ3) is 3.21. The summed E-state index contributed by atoms with van der Waals surface area (Å²) >= 11 is 0. The van der Waals surface area contributed by atoms with E-state index in [2.05, 4.69) is 35.1 Å². The summed E-state index contributed by atoms with van der Waals surface area (Å²) in [4.78, 5) is 2.26. The maximum atomic E-state index is 8.96. The number of nitrogens with zero attached hydrogens (tertiary/aromatic N) is 3. The topological polar surface area (TPSA) is 55.7 Å². The number of nitrogens with one attached hydrogen (secondary N) is 1. The van der Waals surface area contributed by atoms with E-state index in [0.29, 0.717) is 5.56 Å². The second kappa shape index (κ2) is 6.17. The number of rotatable bonds is 5. The molecule has 1 aromatic carbocycles. The maximum Gasteiger partial charge on any atom is 0.0991 e. The quantitative estimate of drug-likeness (QED) is 0.892. The number of hydrogen-bond acceptors (Lipinski definition) is 3. The lowest BCUT2D eigenvalue weighted by atomic mass is 10.0. The molecule has 0 saturated carbocycles. The van der Waals surface area contributed by atoms with Crippen molar-refractivity contribution in [3.05, 3.63) is 41.7 Å². The summed E-state index contributed by atoms with van der Waals surface area (Å²) in [6, 6.07) is 9.79. The molecule has 0 aliphatic rings. The van der Waals surface area contributed by atoms with E-state index in [0.717, 1.165) is 36.3 Å². The van der Waals surface area contributed by atoms with Crippen LogP contribution in [0.1, 0.15) is 24.6 Å². The predicted octanol–water partition coefficient (Wildman–Crippen LogP) is 2.79. The molecule has 0 radical (unpaired) electrons. The summed E-state index contributed by atoms with van der Waals surface area (Å²) in [5.41, 5.74) is 3.87. The number of aromatic nitrogens is 2. The van der Waals surface area contributed by atoms with Crippen molar-refractivity contribution in [3.8, 4) is 17.2 Å². The fourth-order valence-electron chi connectivity index (χ4n) is 2.17. The van der Waals surface area contributed by atoms with Gasteiger partial charge in [-0.15, -0.1) is 0 Å². The molecule has 0 saturated heterocycles. The molecule has 19 heavy (non-hydrogen) atoms. The summed E-state index contributed by atoms with van der Waals surface area (Å²) < 4.78 is 0. The van der Waals surface area contributed by atoms with Crippen LogP contribution in [0.15, 0.2) is 30.5 Å². The Bertz CT molecular complexity index is 580. The van der Waals surface area contributed by atoms with E-state index in [1.165, 1.54) is 0 Å². The van der Waals surface area contributed by atoms with Crippen molar-refractivity contribution in [3.63, 3.8) is 0 Å². The first kappa shape index (κ1) is 13.3. The highest BCUT2D eigenvalue weighted by molar-refractivity contribution is 5.66. The van der Waals surface area contributed by atoms with Gasteiger partial charge in [0.25, 0.3) is 0 Å². The Morgan fingerprint density at radius 2 is 2.26 bits per heavy atom. The van der Waals surface area contributed by atoms with Crippen LogP contribution in [0.2, 0.25) is 0 Å². The molecular weight excluding hydrogens is 236 g/mol. The minimum absolute atomic E-state index is 0.673. The van der Waals surface area contributed by atoms with Crippen molar-refractivity contribution in [2.75, 3.05) is 13.6 Å². The van der Waals surface area contributed by atoms with E-state index in [9.17, 15) is 0 Å². The summed E-state index contributed by atoms with van der Waals surface area (Å²) in [6.45, 7) is 4.05. The van der Waals surface area contributed by atoms with Gasteiger partial charge in [-0.1, -0.05) is 19.1 Å². The summed E-state index contributed by atoms with van der Waals surface area (Å²) in [6.07, 6.45) is 2.95. The van der Waals surface area contributed by atoms with Gasteiger partial charge in [0.05, 0.1) is 23.5 Å². The maximum absolute atomic E-state index is 8.96. The van der Waals surface area contributed by atoms with E-state index in [4.69, 9.17) is 5.26 Å². The second-order valence-corrected chi connectivity index (χ2v) is 4.69. The molecule has 0 aliphatic heterocycles. The van der Waals surface area contributed by atoms with Crippen LogP contribution in [0.25, 0.3) is 11.1 Å². The van der Waals surface area contributed by atoms with Crippen LogP contribution in [0, 0.1) is 11.3 Å². The van der Waals surface area contributed by atoms with Crippen molar-refractivity contribution in [1.29, 1.82) is 5.26 Å². The molecule has 1 N–H and O–H groups in total. The molecule has 1 aromatic heterocycles. The van der Waals surface area contributed by atoms with Crippen molar-refractivity contribution in [2.45, 2.75) is 19.9 Å². The van der Waals surface area contributed by atoms with E-state index in [1.54, 1.807) is 0 Å². The number of benzene rings is 1. The van der Waals surface area contributed by atoms with Gasteiger partial charge >= 0.3 is 0 Å². The molecule has 0 amide bonds. The average molecular weight is 254 g/mol. The number of aromatic amines is 1. The van der Waals surface area contributed by atoms with Gasteiger partial charge in [-0.25, -0.2) is 0 Å². The Labute approximate surface area is 113 Å². The Hall–Kier alpha value is -2.12. The fourth-order valence-corrected chi connectivity index (χ4v) is 2.17. The normalized spacial score (nSPS) is 10.6. The number of nitriles is 1. The van der Waals surface area contributed by atoms with E-state index < -0.39 is 0 Å². The predicted molar refractivity (Wildman–Crippen MR) is 75.4 cm³/mol. The van der Waals surface area contributed by atoms with Gasteiger partial charge < -0.3 is 4.90 Å². The Kier molecular flexibility index (Phi) is 4.32. The molecule has 2 rings (SSSR count). The molecule has 1 heterocycles. The van der Waals surface area contributed by atoms with Gasteiger partial charge in [-0.05, 0) is 37.7 Å². The van der Waals surface area contributed by atoms with Crippen molar-refractivity contribution in [2.24, 2.45) is 0 Å². The van der Waals surface area contributed by atoms with E-state index >= 15 is 0 Å². The molecule has 2 aromatic rings. The highest BCUT2D eigenvalue weighted by atomic mass is 15.2. The van der Waals surface area contributed by atoms with Gasteiger partial charge in [0.1, 0.15) is 0 Å². The minimum atomic E-state index is 0.673. The Morgan fingerprint density at radius 3 is 3.00 bits per heavy atom. The van der Waals surface area contributed by atoms with E-state index in [1.807, 2.05) is 30.5 Å². The van der Waals surface area contributed by atoms with Crippen molar-refractivity contribution in [1.82, 2.24) is 15.1 Å². The highest BCUT2D eigenvalue weighted by Gasteiger charge is 2.10. The largest absolute Gasteiger partial charge is 0.301 e. The first-order valence-corrected chi connectivity index (χ1v) is 6.46. The SMILES string of the molecule is CCCN(C)Cc1[nH]ncc1-c1cccc(C#N)c1. The molecule has 4 nitrogen and oxygen atoms in total. The lowest BCUT2D eigenvalue weighted by Gasteiger charge is -2.15. The number of hydrogen-bond donors (Lipinski definition) is 1. The Balaban J connectivity index is 2.26. The van der Waals surface area contributed by atoms with Crippen LogP contribution < -0.4 is 0 Å². The number of H-pyrrole nitrogens is 1. The third-order valence-corrected chi connectivity index (χ3v) is 3.05. The van der Waals surface area contributed by atoms with Gasteiger partial charge in [-0.3, -0.25) is 5.10 Å². The molecule has 0 atom stereocenters. The van der Waals surface area contributed by atoms with Crippen LogP contribution in [-0.4, -0.2) is 28.7 Å². The van der Waals surface area contributed by atoms with Crippen LogP contribution in [-0.2, 0) is 6.54 Å². The van der Waals surface area contributed by atoms with Gasteiger partial charge in [0.2, 0.25) is 0 Å². The van der Waals surface area contributed by atoms with Crippen molar-refractivity contribution >= 4 is 0 Å². The highest BCUT2D eigenvalue weighted by Crippen LogP contribution is 2.23. The van der Waals surface area contributed by atoms with Crippen LogP contribution in [0.3, 0.4) is 0 Å². The second-order valence-electron chi connectivity index (χ2n) is 4.69. The van der Waals surface area contributed by atoms with Crippen LogP contribution >= 0.6 is 0 Å².